The number of esters is 1. The first kappa shape index (κ1) is 14.3. The smallest absolute Gasteiger partial charge is 0.305 e. The summed E-state index contributed by atoms with van der Waals surface area (Å²) in [5, 5.41) is 3.21. The Labute approximate surface area is 91.1 Å². The highest BCUT2D eigenvalue weighted by atomic mass is 16.7. The standard InChI is InChI=1S/C10H21NO4/c1-8(10(14-3)15-4)11-7-5-6-9(12)13-2/h8,10-11H,5-7H2,1-4H3. The molecule has 5 heteroatoms. The predicted molar refractivity (Wildman–Crippen MR) is 56.5 cm³/mol. The summed E-state index contributed by atoms with van der Waals surface area (Å²) in [6.07, 6.45) is 0.918. The average Bonchev–Trinajstić information content (AvgIpc) is 2.25. The quantitative estimate of drug-likeness (QED) is 0.367. The fourth-order valence-corrected chi connectivity index (χ4v) is 1.27. The van der Waals surface area contributed by atoms with Gasteiger partial charge in [0, 0.05) is 20.6 Å². The van der Waals surface area contributed by atoms with Crippen molar-refractivity contribution in [3.05, 3.63) is 0 Å². The maximum absolute atomic E-state index is 10.8. The molecule has 5 nitrogen and oxygen atoms in total. The maximum atomic E-state index is 10.8. The molecule has 0 aromatic carbocycles. The van der Waals surface area contributed by atoms with Crippen LogP contribution in [0.5, 0.6) is 0 Å². The topological polar surface area (TPSA) is 56.8 Å². The third-order valence-electron chi connectivity index (χ3n) is 2.12. The first-order valence-corrected chi connectivity index (χ1v) is 5.01. The van der Waals surface area contributed by atoms with Crippen LogP contribution in [0, 0.1) is 0 Å². The SMILES string of the molecule is COC(=O)CCCNC(C)C(OC)OC. The van der Waals surface area contributed by atoms with Crippen molar-refractivity contribution in [3.63, 3.8) is 0 Å². The van der Waals surface area contributed by atoms with Gasteiger partial charge in [-0.05, 0) is 19.9 Å². The molecule has 0 aromatic heterocycles. The summed E-state index contributed by atoms with van der Waals surface area (Å²) < 4.78 is 14.7. The molecule has 0 saturated carbocycles. The highest BCUT2D eigenvalue weighted by Gasteiger charge is 2.14. The number of methoxy groups -OCH3 is 3. The molecule has 0 radical (unpaired) electrons. The lowest BCUT2D eigenvalue weighted by molar-refractivity contribution is -0.140. The first-order chi connectivity index (χ1) is 7.15. The van der Waals surface area contributed by atoms with E-state index < -0.39 is 0 Å². The Bertz CT molecular complexity index is 171. The average molecular weight is 219 g/mol. The van der Waals surface area contributed by atoms with Crippen molar-refractivity contribution in [1.29, 1.82) is 0 Å². The van der Waals surface area contributed by atoms with Crippen LogP contribution in [-0.2, 0) is 19.0 Å². The van der Waals surface area contributed by atoms with Gasteiger partial charge in [0.15, 0.2) is 6.29 Å². The normalized spacial score (nSPS) is 12.9. The summed E-state index contributed by atoms with van der Waals surface area (Å²) in [6, 6.07) is 0.0950. The molecule has 0 rings (SSSR count). The lowest BCUT2D eigenvalue weighted by Gasteiger charge is -2.21. The molecule has 0 aliphatic heterocycles. The van der Waals surface area contributed by atoms with E-state index in [1.807, 2.05) is 6.92 Å². The van der Waals surface area contributed by atoms with Crippen molar-refractivity contribution in [2.75, 3.05) is 27.9 Å². The summed E-state index contributed by atoms with van der Waals surface area (Å²) in [4.78, 5) is 10.8. The molecule has 90 valence electrons. The highest BCUT2D eigenvalue weighted by Crippen LogP contribution is 1.99. The van der Waals surface area contributed by atoms with Gasteiger partial charge >= 0.3 is 5.97 Å². The van der Waals surface area contributed by atoms with E-state index in [9.17, 15) is 4.79 Å². The molecule has 1 unspecified atom stereocenters. The Morgan fingerprint density at radius 2 is 1.87 bits per heavy atom. The van der Waals surface area contributed by atoms with Crippen LogP contribution in [0.1, 0.15) is 19.8 Å². The summed E-state index contributed by atoms with van der Waals surface area (Å²) in [7, 11) is 4.59. The molecule has 0 aliphatic rings. The number of hydrogen-bond acceptors (Lipinski definition) is 5. The summed E-state index contributed by atoms with van der Waals surface area (Å²) in [6.45, 7) is 2.70. The van der Waals surface area contributed by atoms with Gasteiger partial charge in [0.05, 0.1) is 13.2 Å². The van der Waals surface area contributed by atoms with Gasteiger partial charge in [-0.3, -0.25) is 4.79 Å². The third-order valence-corrected chi connectivity index (χ3v) is 2.12. The Hall–Kier alpha value is -0.650. The van der Waals surface area contributed by atoms with Crippen LogP contribution in [0.3, 0.4) is 0 Å². The van der Waals surface area contributed by atoms with Crippen LogP contribution < -0.4 is 5.32 Å². The predicted octanol–water partition coefficient (Wildman–Crippen LogP) is 0.537. The molecule has 1 atom stereocenters. The maximum Gasteiger partial charge on any atom is 0.305 e. The van der Waals surface area contributed by atoms with E-state index in [4.69, 9.17) is 9.47 Å². The molecule has 0 saturated heterocycles. The van der Waals surface area contributed by atoms with Crippen LogP contribution >= 0.6 is 0 Å². The second kappa shape index (κ2) is 8.64. The highest BCUT2D eigenvalue weighted by molar-refractivity contribution is 5.69. The van der Waals surface area contributed by atoms with E-state index in [0.29, 0.717) is 6.42 Å². The fourth-order valence-electron chi connectivity index (χ4n) is 1.27. The van der Waals surface area contributed by atoms with Crippen molar-refractivity contribution in [2.45, 2.75) is 32.1 Å². The van der Waals surface area contributed by atoms with Gasteiger partial charge in [-0.2, -0.15) is 0 Å². The third kappa shape index (κ3) is 6.43. The van der Waals surface area contributed by atoms with E-state index >= 15 is 0 Å². The van der Waals surface area contributed by atoms with E-state index in [1.165, 1.54) is 7.11 Å². The van der Waals surface area contributed by atoms with Crippen molar-refractivity contribution in [1.82, 2.24) is 5.32 Å². The van der Waals surface area contributed by atoms with Gasteiger partial charge < -0.3 is 19.5 Å². The molecule has 1 N–H and O–H groups in total. The largest absolute Gasteiger partial charge is 0.469 e. The summed E-state index contributed by atoms with van der Waals surface area (Å²) in [5.41, 5.74) is 0. The monoisotopic (exact) mass is 219 g/mol. The summed E-state index contributed by atoms with van der Waals surface area (Å²) >= 11 is 0. The van der Waals surface area contributed by atoms with E-state index in [1.54, 1.807) is 14.2 Å². The minimum absolute atomic E-state index is 0.0950. The van der Waals surface area contributed by atoms with Crippen molar-refractivity contribution < 1.29 is 19.0 Å². The fraction of sp³-hybridized carbons (Fsp3) is 0.900. The molecule has 0 fully saturated rings. The number of rotatable bonds is 8. The first-order valence-electron chi connectivity index (χ1n) is 5.01. The molecule has 0 aliphatic carbocycles. The van der Waals surface area contributed by atoms with Crippen molar-refractivity contribution >= 4 is 5.97 Å². The zero-order valence-corrected chi connectivity index (χ0v) is 9.91. The second-order valence-electron chi connectivity index (χ2n) is 3.26. The lowest BCUT2D eigenvalue weighted by Crippen LogP contribution is -2.40. The van der Waals surface area contributed by atoms with Crippen LogP contribution in [0.2, 0.25) is 0 Å². The Morgan fingerprint density at radius 3 is 2.33 bits per heavy atom. The Morgan fingerprint density at radius 1 is 1.27 bits per heavy atom. The zero-order chi connectivity index (χ0) is 11.7. The van der Waals surface area contributed by atoms with E-state index in [2.05, 4.69) is 10.1 Å². The number of hydrogen-bond donors (Lipinski definition) is 1. The van der Waals surface area contributed by atoms with Gasteiger partial charge in [0.1, 0.15) is 0 Å². The van der Waals surface area contributed by atoms with Crippen LogP contribution in [-0.4, -0.2) is 46.2 Å². The van der Waals surface area contributed by atoms with Crippen LogP contribution in [0.4, 0.5) is 0 Å². The molecule has 0 spiro atoms. The number of carbonyl (C=O) groups is 1. The molecule has 0 bridgehead atoms. The molecule has 15 heavy (non-hydrogen) atoms. The molecule has 0 aromatic rings. The van der Waals surface area contributed by atoms with Gasteiger partial charge in [0.25, 0.3) is 0 Å². The van der Waals surface area contributed by atoms with Crippen molar-refractivity contribution in [3.8, 4) is 0 Å². The van der Waals surface area contributed by atoms with Gasteiger partial charge in [-0.15, -0.1) is 0 Å². The molecular weight excluding hydrogens is 198 g/mol. The van der Waals surface area contributed by atoms with Gasteiger partial charge in [-0.1, -0.05) is 0 Å². The minimum atomic E-state index is -0.261. The lowest BCUT2D eigenvalue weighted by atomic mass is 10.2. The molecule has 0 heterocycles. The van der Waals surface area contributed by atoms with E-state index in [0.717, 1.165) is 13.0 Å². The zero-order valence-electron chi connectivity index (χ0n) is 9.91. The van der Waals surface area contributed by atoms with Crippen LogP contribution in [0.15, 0.2) is 0 Å². The number of carbonyl (C=O) groups excluding carboxylic acids is 1. The van der Waals surface area contributed by atoms with Gasteiger partial charge in [-0.25, -0.2) is 0 Å². The van der Waals surface area contributed by atoms with E-state index in [-0.39, 0.29) is 18.3 Å². The minimum Gasteiger partial charge on any atom is -0.469 e. The number of nitrogens with one attached hydrogen (secondary N) is 1. The Kier molecular flexibility index (Phi) is 8.27. The summed E-state index contributed by atoms with van der Waals surface area (Å²) in [5.74, 6) is -0.181. The van der Waals surface area contributed by atoms with Gasteiger partial charge in [0.2, 0.25) is 0 Å². The molecular formula is C10H21NO4. The van der Waals surface area contributed by atoms with Crippen LogP contribution in [0.25, 0.3) is 0 Å². The molecule has 0 amide bonds. The second-order valence-corrected chi connectivity index (χ2v) is 3.26. The van der Waals surface area contributed by atoms with Crippen molar-refractivity contribution in [2.24, 2.45) is 0 Å². The Balaban J connectivity index is 3.53. The number of ether oxygens (including phenoxy) is 3.